The van der Waals surface area contributed by atoms with Crippen LogP contribution in [0.25, 0.3) is 0 Å². The molecular weight excluding hydrogens is 374 g/mol. The molecule has 124 valence electrons. The van der Waals surface area contributed by atoms with Gasteiger partial charge in [-0.2, -0.15) is 5.10 Å². The second-order valence-corrected chi connectivity index (χ2v) is 6.07. The van der Waals surface area contributed by atoms with Crippen molar-refractivity contribution in [1.82, 2.24) is 5.43 Å². The van der Waals surface area contributed by atoms with Gasteiger partial charge in [0, 0.05) is 15.7 Å². The predicted octanol–water partition coefficient (Wildman–Crippen LogP) is 2.86. The van der Waals surface area contributed by atoms with Crippen molar-refractivity contribution in [1.29, 1.82) is 0 Å². The summed E-state index contributed by atoms with van der Waals surface area (Å²) in [7, 11) is 0. The number of nitrogens with zero attached hydrogens (tertiary/aromatic N) is 1. The summed E-state index contributed by atoms with van der Waals surface area (Å²) in [5, 5.41) is 15.8. The second-order valence-electron chi connectivity index (χ2n) is 5.16. The number of aromatic hydroxyl groups is 1. The van der Waals surface area contributed by atoms with Crippen molar-refractivity contribution < 1.29 is 14.7 Å². The molecule has 0 radical (unpaired) electrons. The third-order valence-corrected chi connectivity index (χ3v) is 3.82. The lowest BCUT2D eigenvalue weighted by molar-refractivity contribution is -0.136. The molecule has 0 bridgehead atoms. The van der Waals surface area contributed by atoms with E-state index < -0.39 is 11.8 Å². The Hall–Kier alpha value is -2.67. The van der Waals surface area contributed by atoms with E-state index in [1.165, 1.54) is 12.3 Å². The normalized spacial score (nSPS) is 10.6. The quantitative estimate of drug-likeness (QED) is 0.428. The van der Waals surface area contributed by atoms with Crippen LogP contribution in [-0.4, -0.2) is 23.1 Å². The molecule has 0 aliphatic rings. The molecular formula is C17H16BrN3O3. The molecule has 3 N–H and O–H groups in total. The summed E-state index contributed by atoms with van der Waals surface area (Å²) in [5.74, 6) is -1.72. The van der Waals surface area contributed by atoms with Gasteiger partial charge in [-0.1, -0.05) is 22.0 Å². The number of amides is 2. The molecule has 2 amide bonds. The molecule has 7 heteroatoms. The van der Waals surface area contributed by atoms with Crippen LogP contribution in [0.5, 0.6) is 5.75 Å². The Morgan fingerprint density at radius 3 is 2.54 bits per heavy atom. The number of rotatable bonds is 3. The minimum Gasteiger partial charge on any atom is -0.507 e. The molecule has 0 saturated heterocycles. The van der Waals surface area contributed by atoms with Gasteiger partial charge in [0.25, 0.3) is 0 Å². The third kappa shape index (κ3) is 4.66. The number of benzene rings is 2. The monoisotopic (exact) mass is 389 g/mol. The van der Waals surface area contributed by atoms with Gasteiger partial charge in [0.15, 0.2) is 0 Å². The number of carbonyl (C=O) groups is 2. The van der Waals surface area contributed by atoms with E-state index in [4.69, 9.17) is 0 Å². The summed E-state index contributed by atoms with van der Waals surface area (Å²) in [6, 6.07) is 10.1. The van der Waals surface area contributed by atoms with Crippen LogP contribution in [0.1, 0.15) is 16.7 Å². The molecule has 0 spiro atoms. The van der Waals surface area contributed by atoms with Gasteiger partial charge < -0.3 is 10.4 Å². The highest BCUT2D eigenvalue weighted by Gasteiger charge is 2.13. The van der Waals surface area contributed by atoms with Crippen LogP contribution in [0, 0.1) is 13.8 Å². The van der Waals surface area contributed by atoms with Crippen LogP contribution in [0.2, 0.25) is 0 Å². The van der Waals surface area contributed by atoms with Gasteiger partial charge in [-0.25, -0.2) is 5.43 Å². The first kappa shape index (κ1) is 17.7. The summed E-state index contributed by atoms with van der Waals surface area (Å²) < 4.78 is 0.751. The highest BCUT2D eigenvalue weighted by atomic mass is 79.9. The molecule has 24 heavy (non-hydrogen) atoms. The highest BCUT2D eigenvalue weighted by Crippen LogP contribution is 2.19. The molecule has 0 aliphatic carbocycles. The Kier molecular flexibility index (Phi) is 5.70. The number of nitrogens with one attached hydrogen (secondary N) is 2. The lowest BCUT2D eigenvalue weighted by Crippen LogP contribution is -2.32. The zero-order chi connectivity index (χ0) is 17.7. The number of hydrazone groups is 1. The van der Waals surface area contributed by atoms with Crippen molar-refractivity contribution in [3.63, 3.8) is 0 Å². The Morgan fingerprint density at radius 2 is 1.83 bits per heavy atom. The summed E-state index contributed by atoms with van der Waals surface area (Å²) in [4.78, 5) is 23.6. The van der Waals surface area contributed by atoms with Crippen molar-refractivity contribution >= 4 is 39.6 Å². The van der Waals surface area contributed by atoms with Gasteiger partial charge >= 0.3 is 11.8 Å². The molecule has 2 aromatic rings. The number of hydrogen-bond donors (Lipinski definition) is 3. The number of anilines is 1. The van der Waals surface area contributed by atoms with E-state index in [-0.39, 0.29) is 5.75 Å². The zero-order valence-corrected chi connectivity index (χ0v) is 14.7. The van der Waals surface area contributed by atoms with Crippen molar-refractivity contribution in [2.45, 2.75) is 13.8 Å². The number of halogens is 1. The maximum Gasteiger partial charge on any atom is 0.329 e. The van der Waals surface area contributed by atoms with Crippen LogP contribution in [0.3, 0.4) is 0 Å². The topological polar surface area (TPSA) is 90.8 Å². The molecule has 2 rings (SSSR count). The molecule has 2 aromatic carbocycles. The van der Waals surface area contributed by atoms with E-state index in [2.05, 4.69) is 31.8 Å². The molecule has 0 heterocycles. The standard InChI is InChI=1S/C17H16BrN3O3/c1-10-3-5-14(7-11(10)2)20-16(23)17(24)21-19-9-12-8-13(18)4-6-15(12)22/h3-9,22H,1-2H3,(H,20,23)(H,21,24)/b19-9+. The van der Waals surface area contributed by atoms with Gasteiger partial charge in [0.05, 0.1) is 6.21 Å². The highest BCUT2D eigenvalue weighted by molar-refractivity contribution is 9.10. The lowest BCUT2D eigenvalue weighted by Gasteiger charge is -2.06. The smallest absolute Gasteiger partial charge is 0.329 e. The Labute approximate surface area is 147 Å². The lowest BCUT2D eigenvalue weighted by atomic mass is 10.1. The van der Waals surface area contributed by atoms with Crippen molar-refractivity contribution in [3.05, 3.63) is 57.6 Å². The number of hydrogen-bond acceptors (Lipinski definition) is 4. The molecule has 0 aliphatic heterocycles. The minimum atomic E-state index is -0.904. The molecule has 0 atom stereocenters. The first-order valence-corrected chi connectivity index (χ1v) is 7.86. The molecule has 6 nitrogen and oxygen atoms in total. The predicted molar refractivity (Wildman–Crippen MR) is 96.1 cm³/mol. The fourth-order valence-electron chi connectivity index (χ4n) is 1.85. The van der Waals surface area contributed by atoms with Gasteiger partial charge in [-0.3, -0.25) is 9.59 Å². The summed E-state index contributed by atoms with van der Waals surface area (Å²) in [5.41, 5.74) is 5.16. The van der Waals surface area contributed by atoms with E-state index in [1.807, 2.05) is 19.9 Å². The van der Waals surface area contributed by atoms with Crippen molar-refractivity contribution in [2.75, 3.05) is 5.32 Å². The first-order chi connectivity index (χ1) is 11.4. The summed E-state index contributed by atoms with van der Waals surface area (Å²) in [6.45, 7) is 3.87. The van der Waals surface area contributed by atoms with Crippen LogP contribution in [0.15, 0.2) is 46.0 Å². The van der Waals surface area contributed by atoms with Crippen LogP contribution in [-0.2, 0) is 9.59 Å². The Bertz CT molecular complexity index is 819. The summed E-state index contributed by atoms with van der Waals surface area (Å²) >= 11 is 3.26. The fraction of sp³-hybridized carbons (Fsp3) is 0.118. The van der Waals surface area contributed by atoms with Gasteiger partial charge in [0.2, 0.25) is 0 Å². The third-order valence-electron chi connectivity index (χ3n) is 3.33. The van der Waals surface area contributed by atoms with Gasteiger partial charge in [0.1, 0.15) is 5.75 Å². The number of carbonyl (C=O) groups excluding carboxylic acids is 2. The molecule has 0 unspecified atom stereocenters. The van der Waals surface area contributed by atoms with Crippen LogP contribution in [0.4, 0.5) is 5.69 Å². The molecule has 0 fully saturated rings. The maximum atomic E-state index is 11.8. The number of aryl methyl sites for hydroxylation is 2. The molecule has 0 saturated carbocycles. The molecule has 0 aromatic heterocycles. The zero-order valence-electron chi connectivity index (χ0n) is 13.1. The van der Waals surface area contributed by atoms with Gasteiger partial charge in [-0.05, 0) is 55.3 Å². The van der Waals surface area contributed by atoms with E-state index in [0.29, 0.717) is 11.3 Å². The van der Waals surface area contributed by atoms with Crippen molar-refractivity contribution in [3.8, 4) is 5.75 Å². The minimum absolute atomic E-state index is 0.00998. The Morgan fingerprint density at radius 1 is 1.08 bits per heavy atom. The van der Waals surface area contributed by atoms with E-state index in [0.717, 1.165) is 15.6 Å². The largest absolute Gasteiger partial charge is 0.507 e. The van der Waals surface area contributed by atoms with E-state index in [9.17, 15) is 14.7 Å². The maximum absolute atomic E-state index is 11.8. The van der Waals surface area contributed by atoms with E-state index in [1.54, 1.807) is 24.3 Å². The number of phenolic OH excluding ortho intramolecular Hbond substituents is 1. The Balaban J connectivity index is 1.96. The number of phenols is 1. The second kappa shape index (κ2) is 7.74. The van der Waals surface area contributed by atoms with E-state index >= 15 is 0 Å². The average molecular weight is 390 g/mol. The first-order valence-electron chi connectivity index (χ1n) is 7.07. The van der Waals surface area contributed by atoms with Crippen LogP contribution < -0.4 is 10.7 Å². The fourth-order valence-corrected chi connectivity index (χ4v) is 2.23. The van der Waals surface area contributed by atoms with Gasteiger partial charge in [-0.15, -0.1) is 0 Å². The van der Waals surface area contributed by atoms with Crippen LogP contribution >= 0.6 is 15.9 Å². The SMILES string of the molecule is Cc1ccc(NC(=O)C(=O)N/N=C/c2cc(Br)ccc2O)cc1C. The average Bonchev–Trinajstić information content (AvgIpc) is 2.54. The summed E-state index contributed by atoms with van der Waals surface area (Å²) in [6.07, 6.45) is 1.25. The van der Waals surface area contributed by atoms with Crippen molar-refractivity contribution in [2.24, 2.45) is 5.10 Å².